The van der Waals surface area contributed by atoms with Crippen LogP contribution < -0.4 is 4.31 Å². The molecule has 0 spiro atoms. The summed E-state index contributed by atoms with van der Waals surface area (Å²) in [5.41, 5.74) is 2.12. The molecule has 1 aromatic rings. The van der Waals surface area contributed by atoms with Crippen LogP contribution in [-0.4, -0.2) is 75.3 Å². The summed E-state index contributed by atoms with van der Waals surface area (Å²) in [6.45, 7) is 5.99. The van der Waals surface area contributed by atoms with Crippen molar-refractivity contribution in [2.75, 3.05) is 49.4 Å². The number of anilines is 1. The summed E-state index contributed by atoms with van der Waals surface area (Å²) < 4.78 is 31.1. The van der Waals surface area contributed by atoms with Crippen LogP contribution >= 0.6 is 0 Å². The molecule has 1 aromatic carbocycles. The SMILES string of the molecule is CCOC(=O)N1CCN(C(=O)c2ccc3c(c2)CCCN3S(=O)(=O)CC)CC1. The number of hydrogen-bond donors (Lipinski definition) is 0. The zero-order valence-electron chi connectivity index (χ0n) is 16.4. The Labute approximate surface area is 166 Å². The van der Waals surface area contributed by atoms with Gasteiger partial charge >= 0.3 is 6.09 Å². The Hall–Kier alpha value is -2.29. The number of piperazine rings is 1. The maximum atomic E-state index is 12.9. The van der Waals surface area contributed by atoms with Gasteiger partial charge in [-0.2, -0.15) is 0 Å². The number of aryl methyl sites for hydroxylation is 1. The number of amides is 2. The number of ether oxygens (including phenoxy) is 1. The molecule has 2 amide bonds. The van der Waals surface area contributed by atoms with E-state index in [1.54, 1.807) is 35.8 Å². The Morgan fingerprint density at radius 2 is 1.71 bits per heavy atom. The molecule has 0 aliphatic carbocycles. The summed E-state index contributed by atoms with van der Waals surface area (Å²) >= 11 is 0. The summed E-state index contributed by atoms with van der Waals surface area (Å²) in [6, 6.07) is 5.25. The highest BCUT2D eigenvalue weighted by molar-refractivity contribution is 7.92. The number of rotatable bonds is 4. The van der Waals surface area contributed by atoms with Crippen molar-refractivity contribution < 1.29 is 22.7 Å². The first-order valence-electron chi connectivity index (χ1n) is 9.71. The maximum Gasteiger partial charge on any atom is 0.409 e. The van der Waals surface area contributed by atoms with Crippen molar-refractivity contribution in [1.82, 2.24) is 9.80 Å². The van der Waals surface area contributed by atoms with Gasteiger partial charge in [0, 0.05) is 38.3 Å². The van der Waals surface area contributed by atoms with Crippen molar-refractivity contribution in [3.63, 3.8) is 0 Å². The van der Waals surface area contributed by atoms with Crippen molar-refractivity contribution in [2.24, 2.45) is 0 Å². The van der Waals surface area contributed by atoms with Gasteiger partial charge in [0.05, 0.1) is 18.0 Å². The van der Waals surface area contributed by atoms with Crippen LogP contribution in [0.15, 0.2) is 18.2 Å². The molecule has 28 heavy (non-hydrogen) atoms. The van der Waals surface area contributed by atoms with Crippen LogP contribution in [0.25, 0.3) is 0 Å². The third-order valence-corrected chi connectivity index (χ3v) is 6.98. The monoisotopic (exact) mass is 409 g/mol. The summed E-state index contributed by atoms with van der Waals surface area (Å²) in [7, 11) is -3.32. The van der Waals surface area contributed by atoms with Crippen molar-refractivity contribution in [3.8, 4) is 0 Å². The fourth-order valence-corrected chi connectivity index (χ4v) is 4.83. The van der Waals surface area contributed by atoms with E-state index in [4.69, 9.17) is 4.74 Å². The van der Waals surface area contributed by atoms with Gasteiger partial charge in [0.1, 0.15) is 0 Å². The number of fused-ring (bicyclic) bond motifs is 1. The highest BCUT2D eigenvalue weighted by atomic mass is 32.2. The first-order valence-corrected chi connectivity index (χ1v) is 11.3. The lowest BCUT2D eigenvalue weighted by atomic mass is 10.00. The molecule has 2 heterocycles. The Morgan fingerprint density at radius 1 is 1.04 bits per heavy atom. The largest absolute Gasteiger partial charge is 0.450 e. The summed E-state index contributed by atoms with van der Waals surface area (Å²) in [4.78, 5) is 28.0. The second-order valence-electron chi connectivity index (χ2n) is 6.90. The fraction of sp³-hybridized carbons (Fsp3) is 0.579. The normalized spacial score (nSPS) is 17.3. The number of carbonyl (C=O) groups is 2. The van der Waals surface area contributed by atoms with E-state index in [9.17, 15) is 18.0 Å². The minimum Gasteiger partial charge on any atom is -0.450 e. The molecule has 8 nitrogen and oxygen atoms in total. The van der Waals surface area contributed by atoms with Crippen molar-refractivity contribution in [1.29, 1.82) is 0 Å². The van der Waals surface area contributed by atoms with Crippen molar-refractivity contribution in [3.05, 3.63) is 29.3 Å². The number of nitrogens with zero attached hydrogens (tertiary/aromatic N) is 3. The van der Waals surface area contributed by atoms with E-state index in [2.05, 4.69) is 0 Å². The molecule has 0 atom stereocenters. The first-order chi connectivity index (χ1) is 13.4. The lowest BCUT2D eigenvalue weighted by molar-refractivity contribution is 0.0570. The van der Waals surface area contributed by atoms with Crippen LogP contribution in [0.4, 0.5) is 10.5 Å². The van der Waals surface area contributed by atoms with E-state index < -0.39 is 10.0 Å². The number of carbonyl (C=O) groups excluding carboxylic acids is 2. The van der Waals surface area contributed by atoms with Crippen molar-refractivity contribution in [2.45, 2.75) is 26.7 Å². The Balaban J connectivity index is 1.72. The molecule has 1 saturated heterocycles. The van der Waals surface area contributed by atoms with Gasteiger partial charge in [-0.1, -0.05) is 0 Å². The molecule has 9 heteroatoms. The minimum atomic E-state index is -3.32. The molecule has 2 aliphatic rings. The van der Waals surface area contributed by atoms with Gasteiger partial charge in [-0.3, -0.25) is 9.10 Å². The molecular formula is C19H27N3O5S. The van der Waals surface area contributed by atoms with Crippen LogP contribution in [0.1, 0.15) is 36.2 Å². The molecule has 1 fully saturated rings. The second kappa shape index (κ2) is 8.38. The van der Waals surface area contributed by atoms with E-state index >= 15 is 0 Å². The molecule has 0 aromatic heterocycles. The maximum absolute atomic E-state index is 12.9. The molecule has 0 N–H and O–H groups in total. The predicted molar refractivity (Wildman–Crippen MR) is 106 cm³/mol. The van der Waals surface area contributed by atoms with Crippen LogP contribution in [0.3, 0.4) is 0 Å². The average molecular weight is 410 g/mol. The van der Waals surface area contributed by atoms with Gasteiger partial charge in [0.15, 0.2) is 0 Å². The van der Waals surface area contributed by atoms with E-state index in [0.29, 0.717) is 50.6 Å². The van der Waals surface area contributed by atoms with Gasteiger partial charge in [0.2, 0.25) is 10.0 Å². The molecule has 2 aliphatic heterocycles. The third-order valence-electron chi connectivity index (χ3n) is 5.20. The lowest BCUT2D eigenvalue weighted by Gasteiger charge is -2.34. The second-order valence-corrected chi connectivity index (χ2v) is 9.08. The standard InChI is InChI=1S/C19H27N3O5S/c1-3-27-19(24)21-12-10-20(11-13-21)18(23)16-7-8-17-15(14-16)6-5-9-22(17)28(25,26)4-2/h7-8,14H,3-6,9-13H2,1-2H3. The predicted octanol–water partition coefficient (Wildman–Crippen LogP) is 1.70. The molecular weight excluding hydrogens is 382 g/mol. The number of benzene rings is 1. The van der Waals surface area contributed by atoms with E-state index in [-0.39, 0.29) is 17.8 Å². The van der Waals surface area contributed by atoms with Crippen molar-refractivity contribution >= 4 is 27.7 Å². The van der Waals surface area contributed by atoms with Gasteiger partial charge in [0.25, 0.3) is 5.91 Å². The summed E-state index contributed by atoms with van der Waals surface area (Å²) in [5.74, 6) is -0.0421. The molecule has 0 unspecified atom stereocenters. The summed E-state index contributed by atoms with van der Waals surface area (Å²) in [5, 5.41) is 0. The topological polar surface area (TPSA) is 87.2 Å². The first kappa shape index (κ1) is 20.4. The fourth-order valence-electron chi connectivity index (χ4n) is 3.63. The van der Waals surface area contributed by atoms with Gasteiger partial charge in [-0.15, -0.1) is 0 Å². The highest BCUT2D eigenvalue weighted by Gasteiger charge is 2.29. The molecule has 0 radical (unpaired) electrons. The van der Waals surface area contributed by atoms with Gasteiger partial charge in [-0.25, -0.2) is 13.2 Å². The summed E-state index contributed by atoms with van der Waals surface area (Å²) in [6.07, 6.45) is 1.14. The van der Waals surface area contributed by atoms with E-state index in [0.717, 1.165) is 18.4 Å². The lowest BCUT2D eigenvalue weighted by Crippen LogP contribution is -2.50. The van der Waals surface area contributed by atoms with E-state index in [1.807, 2.05) is 6.07 Å². The van der Waals surface area contributed by atoms with Crippen LogP contribution in [0.5, 0.6) is 0 Å². The Morgan fingerprint density at radius 3 is 2.36 bits per heavy atom. The smallest absolute Gasteiger partial charge is 0.409 e. The number of hydrogen-bond acceptors (Lipinski definition) is 5. The zero-order chi connectivity index (χ0) is 20.3. The van der Waals surface area contributed by atoms with Crippen LogP contribution in [0, 0.1) is 0 Å². The van der Waals surface area contributed by atoms with Crippen LogP contribution in [-0.2, 0) is 21.2 Å². The number of sulfonamides is 1. The molecule has 3 rings (SSSR count). The quantitative estimate of drug-likeness (QED) is 0.755. The van der Waals surface area contributed by atoms with Crippen LogP contribution in [0.2, 0.25) is 0 Å². The molecule has 0 saturated carbocycles. The molecule has 154 valence electrons. The minimum absolute atomic E-state index is 0.0534. The Kier molecular flexibility index (Phi) is 6.12. The van der Waals surface area contributed by atoms with E-state index in [1.165, 1.54) is 4.31 Å². The molecule has 0 bridgehead atoms. The van der Waals surface area contributed by atoms with Gasteiger partial charge in [-0.05, 0) is 50.5 Å². The van der Waals surface area contributed by atoms with Gasteiger partial charge < -0.3 is 14.5 Å². The third kappa shape index (κ3) is 4.09. The average Bonchev–Trinajstić information content (AvgIpc) is 2.72. The Bertz CT molecular complexity index is 847. The zero-order valence-corrected chi connectivity index (χ0v) is 17.2. The highest BCUT2D eigenvalue weighted by Crippen LogP contribution is 2.30.